The first kappa shape index (κ1) is 24.3. The van der Waals surface area contributed by atoms with Crippen LogP contribution in [-0.2, 0) is 23.0 Å². The number of hydrogen-bond acceptors (Lipinski definition) is 7. The number of fused-ring (bicyclic) bond motifs is 2. The smallest absolute Gasteiger partial charge is 0.340 e. The highest BCUT2D eigenvalue weighted by atomic mass is 35.5. The molecule has 2 heterocycles. The molecule has 0 radical (unpaired) electrons. The second-order valence-electron chi connectivity index (χ2n) is 8.14. The lowest BCUT2D eigenvalue weighted by Crippen LogP contribution is -2.16. The highest BCUT2D eigenvalue weighted by molar-refractivity contribution is 6.32. The van der Waals surface area contributed by atoms with Crippen LogP contribution in [0.15, 0.2) is 39.5 Å². The maximum atomic E-state index is 13.2. The van der Waals surface area contributed by atoms with E-state index in [-0.39, 0.29) is 40.7 Å². The van der Waals surface area contributed by atoms with Gasteiger partial charge in [0.05, 0.1) is 31.2 Å². The van der Waals surface area contributed by atoms with E-state index >= 15 is 0 Å². The zero-order chi connectivity index (χ0) is 25.4. The SMILES string of the molecule is COC(=O)Cc1c(C)c2cc(Cl)c(OCC(=O)c3c(C)n(C)c4ccc(OC)cc34)cc2oc1=O. The summed E-state index contributed by atoms with van der Waals surface area (Å²) in [4.78, 5) is 37.3. The third-order valence-corrected chi connectivity index (χ3v) is 6.52. The van der Waals surface area contributed by atoms with Crippen molar-refractivity contribution >= 4 is 45.2 Å². The molecule has 2 aromatic carbocycles. The first-order valence-electron chi connectivity index (χ1n) is 10.8. The Kier molecular flexibility index (Phi) is 6.58. The summed E-state index contributed by atoms with van der Waals surface area (Å²) in [6.45, 7) is 3.30. The molecule has 0 aliphatic carbocycles. The number of halogens is 1. The highest BCUT2D eigenvalue weighted by Gasteiger charge is 2.21. The van der Waals surface area contributed by atoms with Crippen molar-refractivity contribution in [3.8, 4) is 11.5 Å². The van der Waals surface area contributed by atoms with Gasteiger partial charge in [-0.2, -0.15) is 0 Å². The average molecular weight is 498 g/mol. The average Bonchev–Trinajstić information content (AvgIpc) is 3.09. The lowest BCUT2D eigenvalue weighted by molar-refractivity contribution is -0.139. The van der Waals surface area contributed by atoms with Crippen molar-refractivity contribution in [2.45, 2.75) is 20.3 Å². The second-order valence-corrected chi connectivity index (χ2v) is 8.55. The minimum Gasteiger partial charge on any atom is -0.497 e. The zero-order valence-electron chi connectivity index (χ0n) is 20.0. The van der Waals surface area contributed by atoms with Crippen LogP contribution < -0.4 is 15.1 Å². The molecule has 35 heavy (non-hydrogen) atoms. The first-order valence-corrected chi connectivity index (χ1v) is 11.2. The minimum atomic E-state index is -0.648. The Bertz CT molecular complexity index is 1550. The van der Waals surface area contributed by atoms with E-state index in [1.54, 1.807) is 20.1 Å². The standard InChI is InChI=1S/C26H24ClNO7/c1-13-16-9-19(27)23(11-22(16)35-26(31)17(13)10-24(30)33-5)34-12-21(29)25-14(2)28(3)20-7-6-15(32-4)8-18(20)25/h6-9,11H,10,12H2,1-5H3. The molecule has 0 bridgehead atoms. The minimum absolute atomic E-state index is 0.200. The predicted molar refractivity (Wildman–Crippen MR) is 132 cm³/mol. The van der Waals surface area contributed by atoms with Gasteiger partial charge in [0.2, 0.25) is 5.78 Å². The fourth-order valence-corrected chi connectivity index (χ4v) is 4.39. The normalized spacial score (nSPS) is 11.1. The highest BCUT2D eigenvalue weighted by Crippen LogP contribution is 2.33. The third kappa shape index (κ3) is 4.37. The van der Waals surface area contributed by atoms with Crippen LogP contribution in [0.25, 0.3) is 21.9 Å². The van der Waals surface area contributed by atoms with E-state index in [0.717, 1.165) is 16.6 Å². The quantitative estimate of drug-likeness (QED) is 0.210. The molecular weight excluding hydrogens is 474 g/mol. The Morgan fingerprint density at radius 1 is 1.09 bits per heavy atom. The van der Waals surface area contributed by atoms with Gasteiger partial charge in [-0.05, 0) is 43.7 Å². The number of methoxy groups -OCH3 is 2. The molecule has 0 N–H and O–H groups in total. The number of nitrogens with zero attached hydrogens (tertiary/aromatic N) is 1. The monoisotopic (exact) mass is 497 g/mol. The second kappa shape index (κ2) is 9.46. The number of carbonyl (C=O) groups excluding carboxylic acids is 2. The number of ketones is 1. The van der Waals surface area contributed by atoms with E-state index in [2.05, 4.69) is 4.74 Å². The number of ether oxygens (including phenoxy) is 3. The Hall–Kier alpha value is -3.78. The molecule has 4 aromatic rings. The summed E-state index contributed by atoms with van der Waals surface area (Å²) < 4.78 is 23.1. The Morgan fingerprint density at radius 3 is 2.51 bits per heavy atom. The number of esters is 1. The van der Waals surface area contributed by atoms with Crippen LogP contribution in [0.4, 0.5) is 0 Å². The molecule has 8 nitrogen and oxygen atoms in total. The lowest BCUT2D eigenvalue weighted by Gasteiger charge is -2.11. The van der Waals surface area contributed by atoms with Crippen molar-refractivity contribution in [2.24, 2.45) is 7.05 Å². The maximum absolute atomic E-state index is 13.2. The first-order chi connectivity index (χ1) is 16.7. The summed E-state index contributed by atoms with van der Waals surface area (Å²) in [5, 5.41) is 1.56. The van der Waals surface area contributed by atoms with E-state index in [0.29, 0.717) is 22.3 Å². The van der Waals surface area contributed by atoms with Crippen molar-refractivity contribution in [3.63, 3.8) is 0 Å². The fourth-order valence-electron chi connectivity index (χ4n) is 4.17. The molecule has 0 atom stereocenters. The Labute approximate surface area is 205 Å². The van der Waals surface area contributed by atoms with Crippen LogP contribution in [0.2, 0.25) is 5.02 Å². The van der Waals surface area contributed by atoms with E-state index < -0.39 is 11.6 Å². The summed E-state index contributed by atoms with van der Waals surface area (Å²) in [5.41, 5.74) is 2.58. The van der Waals surface area contributed by atoms with Gasteiger partial charge in [0.15, 0.2) is 6.61 Å². The van der Waals surface area contributed by atoms with Gasteiger partial charge < -0.3 is 23.2 Å². The molecule has 0 saturated carbocycles. The number of rotatable bonds is 7. The Balaban J connectivity index is 1.66. The third-order valence-electron chi connectivity index (χ3n) is 6.23. The van der Waals surface area contributed by atoms with Crippen molar-refractivity contribution in [2.75, 3.05) is 20.8 Å². The van der Waals surface area contributed by atoms with E-state index in [1.807, 2.05) is 36.7 Å². The predicted octanol–water partition coefficient (Wildman–Crippen LogP) is 4.54. The Morgan fingerprint density at radius 2 is 1.83 bits per heavy atom. The number of Topliss-reactive ketones (excluding diaryl/α,β-unsaturated/α-hetero) is 1. The number of carbonyl (C=O) groups is 2. The van der Waals surface area contributed by atoms with E-state index in [1.165, 1.54) is 13.2 Å². The van der Waals surface area contributed by atoms with E-state index in [9.17, 15) is 14.4 Å². The molecule has 0 aliphatic rings. The van der Waals surface area contributed by atoms with Crippen LogP contribution in [0.5, 0.6) is 11.5 Å². The van der Waals surface area contributed by atoms with Gasteiger partial charge in [0.1, 0.15) is 17.1 Å². The van der Waals surface area contributed by atoms with Crippen LogP contribution in [0.1, 0.15) is 27.2 Å². The molecule has 0 unspecified atom stereocenters. The van der Waals surface area contributed by atoms with Crippen LogP contribution in [-0.4, -0.2) is 37.1 Å². The summed E-state index contributed by atoms with van der Waals surface area (Å²) in [6, 6.07) is 8.62. The van der Waals surface area contributed by atoms with Crippen molar-refractivity contribution in [3.05, 3.63) is 68.2 Å². The molecule has 182 valence electrons. The summed E-state index contributed by atoms with van der Waals surface area (Å²) in [7, 11) is 4.71. The molecule has 2 aromatic heterocycles. The molecule has 0 amide bonds. The number of benzene rings is 2. The number of aromatic nitrogens is 1. The lowest BCUT2D eigenvalue weighted by atomic mass is 10.0. The van der Waals surface area contributed by atoms with Gasteiger partial charge in [0, 0.05) is 40.7 Å². The van der Waals surface area contributed by atoms with Crippen molar-refractivity contribution in [1.29, 1.82) is 0 Å². The molecule has 0 fully saturated rings. The molecule has 9 heteroatoms. The summed E-state index contributed by atoms with van der Waals surface area (Å²) in [5.74, 6) is 0.0631. The topological polar surface area (TPSA) is 97.0 Å². The molecular formula is C26H24ClNO7. The van der Waals surface area contributed by atoms with Crippen LogP contribution in [0, 0.1) is 13.8 Å². The number of hydrogen-bond donors (Lipinski definition) is 0. The molecule has 0 aliphatic heterocycles. The van der Waals surface area contributed by atoms with Crippen LogP contribution >= 0.6 is 11.6 Å². The largest absolute Gasteiger partial charge is 0.497 e. The van der Waals surface area contributed by atoms with Gasteiger partial charge in [0.25, 0.3) is 0 Å². The summed E-state index contributed by atoms with van der Waals surface area (Å²) in [6.07, 6.45) is -0.208. The summed E-state index contributed by atoms with van der Waals surface area (Å²) >= 11 is 6.43. The van der Waals surface area contributed by atoms with Gasteiger partial charge in [-0.3, -0.25) is 9.59 Å². The molecule has 4 rings (SSSR count). The fraction of sp³-hybridized carbons (Fsp3) is 0.269. The molecule has 0 saturated heterocycles. The zero-order valence-corrected chi connectivity index (χ0v) is 20.7. The van der Waals surface area contributed by atoms with Gasteiger partial charge in [-0.25, -0.2) is 4.79 Å². The number of aryl methyl sites for hydroxylation is 2. The maximum Gasteiger partial charge on any atom is 0.340 e. The van der Waals surface area contributed by atoms with Crippen LogP contribution in [0.3, 0.4) is 0 Å². The van der Waals surface area contributed by atoms with Gasteiger partial charge in [-0.1, -0.05) is 11.6 Å². The van der Waals surface area contributed by atoms with Gasteiger partial charge >= 0.3 is 11.6 Å². The van der Waals surface area contributed by atoms with Crippen molar-refractivity contribution < 1.29 is 28.2 Å². The molecule has 0 spiro atoms. The van der Waals surface area contributed by atoms with Gasteiger partial charge in [-0.15, -0.1) is 0 Å². The van der Waals surface area contributed by atoms with Crippen molar-refractivity contribution in [1.82, 2.24) is 4.57 Å². The van der Waals surface area contributed by atoms with E-state index in [4.69, 9.17) is 25.5 Å².